The Morgan fingerprint density at radius 2 is 1.92 bits per heavy atom. The number of nitrogens with zero attached hydrogens (tertiary/aromatic N) is 1. The average Bonchev–Trinajstić information content (AvgIpc) is 2.64. The van der Waals surface area contributed by atoms with E-state index in [0.717, 1.165) is 13.1 Å². The number of halogens is 2. The van der Waals surface area contributed by atoms with Crippen molar-refractivity contribution in [3.8, 4) is 0 Å². The fourth-order valence-corrected chi connectivity index (χ4v) is 2.92. The number of carbonyl (C=O) groups is 2. The number of hydrogen-bond acceptors (Lipinski definition) is 4. The monoisotopic (exact) mass is 376 g/mol. The van der Waals surface area contributed by atoms with Crippen molar-refractivity contribution in [1.29, 1.82) is 0 Å². The van der Waals surface area contributed by atoms with E-state index in [9.17, 15) is 14.0 Å². The minimum absolute atomic E-state index is 0.139. The molecule has 0 radical (unpaired) electrons. The maximum absolute atomic E-state index is 14.3. The van der Waals surface area contributed by atoms with Gasteiger partial charge in [0.25, 0.3) is 5.91 Å². The van der Waals surface area contributed by atoms with Gasteiger partial charge in [0.15, 0.2) is 0 Å². The Morgan fingerprint density at radius 3 is 2.62 bits per heavy atom. The Morgan fingerprint density at radius 1 is 1.15 bits per heavy atom. The molecular formula is C18H18ClFN4O2. The summed E-state index contributed by atoms with van der Waals surface area (Å²) in [5.74, 6) is -1.56. The van der Waals surface area contributed by atoms with E-state index in [2.05, 4.69) is 20.9 Å². The van der Waals surface area contributed by atoms with E-state index in [0.29, 0.717) is 17.9 Å². The second-order valence-electron chi connectivity index (χ2n) is 5.99. The van der Waals surface area contributed by atoms with E-state index in [1.165, 1.54) is 30.5 Å². The Kier molecular flexibility index (Phi) is 5.80. The van der Waals surface area contributed by atoms with Crippen LogP contribution in [-0.4, -0.2) is 29.9 Å². The zero-order chi connectivity index (χ0) is 18.5. The Bertz CT molecular complexity index is 807. The van der Waals surface area contributed by atoms with Crippen LogP contribution in [0.4, 0.5) is 15.9 Å². The summed E-state index contributed by atoms with van der Waals surface area (Å²) in [6.07, 6.45) is 2.78. The highest BCUT2D eigenvalue weighted by molar-refractivity contribution is 6.30. The van der Waals surface area contributed by atoms with Gasteiger partial charge in [0, 0.05) is 12.1 Å². The van der Waals surface area contributed by atoms with E-state index in [1.54, 1.807) is 6.07 Å². The third-order valence-corrected chi connectivity index (χ3v) is 4.40. The minimum atomic E-state index is -0.723. The lowest BCUT2D eigenvalue weighted by Gasteiger charge is -2.22. The van der Waals surface area contributed by atoms with Gasteiger partial charge < -0.3 is 16.0 Å². The molecule has 1 aliphatic heterocycles. The molecule has 0 unspecified atom stereocenters. The van der Waals surface area contributed by atoms with Gasteiger partial charge in [-0.1, -0.05) is 17.7 Å². The van der Waals surface area contributed by atoms with Crippen LogP contribution in [0, 0.1) is 11.7 Å². The Labute approximate surface area is 155 Å². The highest BCUT2D eigenvalue weighted by Gasteiger charge is 2.24. The van der Waals surface area contributed by atoms with E-state index < -0.39 is 11.7 Å². The van der Waals surface area contributed by atoms with Gasteiger partial charge in [0.05, 0.1) is 16.3 Å². The number of benzene rings is 1. The fraction of sp³-hybridized carbons (Fsp3) is 0.278. The van der Waals surface area contributed by atoms with Crippen molar-refractivity contribution in [3.63, 3.8) is 0 Å². The van der Waals surface area contributed by atoms with Crippen LogP contribution in [0.1, 0.15) is 23.2 Å². The summed E-state index contributed by atoms with van der Waals surface area (Å²) in [7, 11) is 0. The maximum atomic E-state index is 14.3. The Balaban J connectivity index is 1.79. The molecular weight excluding hydrogens is 359 g/mol. The topological polar surface area (TPSA) is 83.1 Å². The first kappa shape index (κ1) is 18.3. The zero-order valence-corrected chi connectivity index (χ0v) is 14.6. The lowest BCUT2D eigenvalue weighted by molar-refractivity contribution is -0.120. The van der Waals surface area contributed by atoms with E-state index >= 15 is 0 Å². The molecule has 8 heteroatoms. The second kappa shape index (κ2) is 8.25. The van der Waals surface area contributed by atoms with E-state index in [1.807, 2.05) is 0 Å². The first-order chi connectivity index (χ1) is 12.5. The third-order valence-electron chi connectivity index (χ3n) is 4.18. The van der Waals surface area contributed by atoms with Crippen molar-refractivity contribution in [2.75, 3.05) is 23.7 Å². The molecule has 26 heavy (non-hydrogen) atoms. The van der Waals surface area contributed by atoms with Crippen LogP contribution in [0.25, 0.3) is 0 Å². The SMILES string of the molecule is O=C(Nc1ccc(Cl)cn1)c1c(F)cccc1NC(=O)C1CCNCC1. The maximum Gasteiger partial charge on any atom is 0.261 e. The number of carbonyl (C=O) groups excluding carboxylic acids is 2. The predicted molar refractivity (Wildman–Crippen MR) is 97.8 cm³/mol. The molecule has 136 valence electrons. The predicted octanol–water partition coefficient (Wildman–Crippen LogP) is 3.06. The number of hydrogen-bond donors (Lipinski definition) is 3. The van der Waals surface area contributed by atoms with Crippen molar-refractivity contribution in [2.24, 2.45) is 5.92 Å². The summed E-state index contributed by atoms with van der Waals surface area (Å²) in [4.78, 5) is 28.9. The van der Waals surface area contributed by atoms with Crippen LogP contribution >= 0.6 is 11.6 Å². The van der Waals surface area contributed by atoms with Gasteiger partial charge in [0.2, 0.25) is 5.91 Å². The molecule has 0 saturated carbocycles. The molecule has 1 aromatic carbocycles. The van der Waals surface area contributed by atoms with E-state index in [-0.39, 0.29) is 28.9 Å². The van der Waals surface area contributed by atoms with Crippen LogP contribution in [-0.2, 0) is 4.79 Å². The number of aromatic nitrogens is 1. The molecule has 0 bridgehead atoms. The summed E-state index contributed by atoms with van der Waals surface area (Å²) in [6.45, 7) is 1.52. The van der Waals surface area contributed by atoms with Crippen molar-refractivity contribution in [1.82, 2.24) is 10.3 Å². The van der Waals surface area contributed by atoms with Gasteiger partial charge >= 0.3 is 0 Å². The number of rotatable bonds is 4. The molecule has 0 aliphatic carbocycles. The number of nitrogens with one attached hydrogen (secondary N) is 3. The van der Waals surface area contributed by atoms with Gasteiger partial charge in [-0.25, -0.2) is 9.37 Å². The summed E-state index contributed by atoms with van der Waals surface area (Å²) >= 11 is 5.76. The first-order valence-electron chi connectivity index (χ1n) is 8.27. The molecule has 3 N–H and O–H groups in total. The van der Waals surface area contributed by atoms with Gasteiger partial charge in [0.1, 0.15) is 11.6 Å². The first-order valence-corrected chi connectivity index (χ1v) is 8.65. The van der Waals surface area contributed by atoms with Crippen LogP contribution in [0.3, 0.4) is 0 Å². The van der Waals surface area contributed by atoms with Gasteiger partial charge in [-0.2, -0.15) is 0 Å². The fourth-order valence-electron chi connectivity index (χ4n) is 2.81. The van der Waals surface area contributed by atoms with Crippen LogP contribution in [0.15, 0.2) is 36.5 Å². The van der Waals surface area contributed by atoms with Crippen LogP contribution < -0.4 is 16.0 Å². The largest absolute Gasteiger partial charge is 0.325 e. The van der Waals surface area contributed by atoms with Gasteiger partial charge in [-0.15, -0.1) is 0 Å². The quantitative estimate of drug-likeness (QED) is 0.765. The zero-order valence-electron chi connectivity index (χ0n) is 13.9. The molecule has 6 nitrogen and oxygen atoms in total. The molecule has 2 aromatic rings. The normalized spacial score (nSPS) is 14.7. The number of pyridine rings is 1. The van der Waals surface area contributed by atoms with Crippen molar-refractivity contribution in [3.05, 3.63) is 52.9 Å². The summed E-state index contributed by atoms with van der Waals surface area (Å²) in [5.41, 5.74) is -0.0912. The van der Waals surface area contributed by atoms with Gasteiger partial charge in [-0.05, 0) is 50.2 Å². The minimum Gasteiger partial charge on any atom is -0.325 e. The molecule has 1 aromatic heterocycles. The average molecular weight is 377 g/mol. The number of piperidine rings is 1. The summed E-state index contributed by atoms with van der Waals surface area (Å²) < 4.78 is 14.3. The summed E-state index contributed by atoms with van der Waals surface area (Å²) in [6, 6.07) is 7.20. The van der Waals surface area contributed by atoms with Crippen LogP contribution in [0.2, 0.25) is 5.02 Å². The number of anilines is 2. The van der Waals surface area contributed by atoms with Gasteiger partial charge in [-0.3, -0.25) is 9.59 Å². The highest BCUT2D eigenvalue weighted by atomic mass is 35.5. The standard InChI is InChI=1S/C18H18ClFN4O2/c19-12-4-5-15(22-10-12)24-18(26)16-13(20)2-1-3-14(16)23-17(25)11-6-8-21-9-7-11/h1-5,10-11,21H,6-9H2,(H,23,25)(H,22,24,26). The highest BCUT2D eigenvalue weighted by Crippen LogP contribution is 2.23. The van der Waals surface area contributed by atoms with Crippen LogP contribution in [0.5, 0.6) is 0 Å². The van der Waals surface area contributed by atoms with Crippen molar-refractivity contribution in [2.45, 2.75) is 12.8 Å². The second-order valence-corrected chi connectivity index (χ2v) is 6.43. The molecule has 1 fully saturated rings. The lowest BCUT2D eigenvalue weighted by Crippen LogP contribution is -2.35. The third kappa shape index (κ3) is 4.36. The molecule has 0 atom stereocenters. The molecule has 2 amide bonds. The molecule has 0 spiro atoms. The summed E-state index contributed by atoms with van der Waals surface area (Å²) in [5, 5.41) is 8.80. The molecule has 1 aliphatic rings. The van der Waals surface area contributed by atoms with Crippen molar-refractivity contribution < 1.29 is 14.0 Å². The smallest absolute Gasteiger partial charge is 0.261 e. The van der Waals surface area contributed by atoms with E-state index in [4.69, 9.17) is 11.6 Å². The number of amides is 2. The molecule has 1 saturated heterocycles. The lowest BCUT2D eigenvalue weighted by atomic mass is 9.97. The molecule has 2 heterocycles. The van der Waals surface area contributed by atoms with Crippen molar-refractivity contribution >= 4 is 34.9 Å². The Hall–Kier alpha value is -2.51. The molecule has 3 rings (SSSR count).